The summed E-state index contributed by atoms with van der Waals surface area (Å²) >= 11 is 0. The lowest BCUT2D eigenvalue weighted by Crippen LogP contribution is -2.34. The molecule has 0 aromatic heterocycles. The van der Waals surface area contributed by atoms with Crippen molar-refractivity contribution in [2.45, 2.75) is 18.9 Å². The van der Waals surface area contributed by atoms with Crippen LogP contribution in [0.2, 0.25) is 0 Å². The molecule has 26 heavy (non-hydrogen) atoms. The Labute approximate surface area is 153 Å². The molecule has 0 radical (unpaired) electrons. The van der Waals surface area contributed by atoms with E-state index < -0.39 is 0 Å². The molecule has 0 spiro atoms. The summed E-state index contributed by atoms with van der Waals surface area (Å²) in [4.78, 5) is 14.9. The van der Waals surface area contributed by atoms with E-state index in [1.165, 1.54) is 0 Å². The summed E-state index contributed by atoms with van der Waals surface area (Å²) in [6.07, 6.45) is 1.97. The van der Waals surface area contributed by atoms with Crippen molar-refractivity contribution in [2.75, 3.05) is 19.0 Å². The summed E-state index contributed by atoms with van der Waals surface area (Å²) in [6.45, 7) is 0.762. The van der Waals surface area contributed by atoms with Crippen molar-refractivity contribution in [2.24, 2.45) is 0 Å². The number of nitrogens with zero attached hydrogens (tertiary/aromatic N) is 1. The Morgan fingerprint density at radius 1 is 1.08 bits per heavy atom. The Morgan fingerprint density at radius 2 is 1.88 bits per heavy atom. The van der Waals surface area contributed by atoms with Gasteiger partial charge in [0.2, 0.25) is 0 Å². The molecule has 3 aromatic rings. The summed E-state index contributed by atoms with van der Waals surface area (Å²) in [6, 6.07) is 22.1. The van der Waals surface area contributed by atoms with Crippen LogP contribution in [-0.4, -0.2) is 24.6 Å². The van der Waals surface area contributed by atoms with Crippen molar-refractivity contribution in [1.29, 1.82) is 0 Å². The number of methoxy groups -OCH3 is 1. The second kappa shape index (κ2) is 7.08. The predicted octanol–water partition coefficient (Wildman–Crippen LogP) is 5.22. The van der Waals surface area contributed by atoms with Gasteiger partial charge in [-0.1, -0.05) is 48.5 Å². The van der Waals surface area contributed by atoms with Crippen LogP contribution < -0.4 is 10.1 Å². The number of ether oxygens (including phenoxy) is 1. The van der Waals surface area contributed by atoms with Crippen LogP contribution in [0.3, 0.4) is 0 Å². The molecule has 1 unspecified atom stereocenters. The molecule has 1 aliphatic rings. The lowest BCUT2D eigenvalue weighted by atomic mass is 10.0. The van der Waals surface area contributed by atoms with Crippen LogP contribution in [0.1, 0.15) is 24.4 Å². The Hall–Kier alpha value is -3.01. The van der Waals surface area contributed by atoms with Crippen LogP contribution in [0, 0.1) is 0 Å². The lowest BCUT2D eigenvalue weighted by Gasteiger charge is -2.26. The maximum Gasteiger partial charge on any atom is 0.322 e. The minimum Gasteiger partial charge on any atom is -0.497 e. The molecule has 1 N–H and O–H groups in total. The lowest BCUT2D eigenvalue weighted by molar-refractivity contribution is 0.207. The molecule has 132 valence electrons. The van der Waals surface area contributed by atoms with Crippen LogP contribution in [0.5, 0.6) is 5.75 Å². The molecule has 0 bridgehead atoms. The third kappa shape index (κ3) is 3.10. The highest BCUT2D eigenvalue weighted by Crippen LogP contribution is 2.34. The van der Waals surface area contributed by atoms with Crippen molar-refractivity contribution in [3.63, 3.8) is 0 Å². The monoisotopic (exact) mass is 346 g/mol. The molecular formula is C22H22N2O2. The van der Waals surface area contributed by atoms with Crippen molar-refractivity contribution >= 4 is 22.5 Å². The number of urea groups is 1. The standard InChI is InChI=1S/C22H22N2O2/c1-26-18-10-4-9-17(15-18)21-13-6-14-24(21)22(25)23-20-12-5-8-16-7-2-3-11-19(16)20/h2-5,7-12,15,21H,6,13-14H2,1H3,(H,23,25). The maximum atomic E-state index is 13.0. The molecule has 1 aliphatic heterocycles. The van der Waals surface area contributed by atoms with Crippen LogP contribution in [0.4, 0.5) is 10.5 Å². The molecule has 4 nitrogen and oxygen atoms in total. The van der Waals surface area contributed by atoms with Gasteiger partial charge in [0.25, 0.3) is 0 Å². The number of carbonyl (C=O) groups is 1. The zero-order valence-electron chi connectivity index (χ0n) is 14.8. The first kappa shape index (κ1) is 16.5. The Bertz CT molecular complexity index is 933. The van der Waals surface area contributed by atoms with E-state index in [-0.39, 0.29) is 12.1 Å². The van der Waals surface area contributed by atoms with E-state index in [1.807, 2.05) is 53.4 Å². The van der Waals surface area contributed by atoms with Gasteiger partial charge >= 0.3 is 6.03 Å². The van der Waals surface area contributed by atoms with E-state index in [9.17, 15) is 4.79 Å². The second-order valence-corrected chi connectivity index (χ2v) is 6.58. The third-order valence-electron chi connectivity index (χ3n) is 5.02. The van der Waals surface area contributed by atoms with E-state index in [0.717, 1.165) is 47.2 Å². The smallest absolute Gasteiger partial charge is 0.322 e. The summed E-state index contributed by atoms with van der Waals surface area (Å²) in [5.74, 6) is 0.823. The first-order valence-corrected chi connectivity index (χ1v) is 8.95. The molecule has 1 saturated heterocycles. The van der Waals surface area contributed by atoms with Crippen LogP contribution in [0.15, 0.2) is 66.7 Å². The van der Waals surface area contributed by atoms with E-state index in [2.05, 4.69) is 23.5 Å². The van der Waals surface area contributed by atoms with Gasteiger partial charge in [-0.15, -0.1) is 0 Å². The topological polar surface area (TPSA) is 41.6 Å². The number of rotatable bonds is 3. The number of hydrogen-bond donors (Lipinski definition) is 1. The van der Waals surface area contributed by atoms with Gasteiger partial charge in [0.15, 0.2) is 0 Å². The number of nitrogens with one attached hydrogen (secondary N) is 1. The van der Waals surface area contributed by atoms with Crippen LogP contribution >= 0.6 is 0 Å². The molecule has 1 atom stereocenters. The highest BCUT2D eigenvalue weighted by molar-refractivity contribution is 6.01. The number of anilines is 1. The zero-order valence-corrected chi connectivity index (χ0v) is 14.8. The summed E-state index contributed by atoms with van der Waals surface area (Å²) in [5, 5.41) is 5.29. The van der Waals surface area contributed by atoms with Crippen molar-refractivity contribution < 1.29 is 9.53 Å². The molecular weight excluding hydrogens is 324 g/mol. The highest BCUT2D eigenvalue weighted by Gasteiger charge is 2.30. The number of fused-ring (bicyclic) bond motifs is 1. The van der Waals surface area contributed by atoms with Crippen molar-refractivity contribution in [1.82, 2.24) is 4.90 Å². The summed E-state index contributed by atoms with van der Waals surface area (Å²) in [5.41, 5.74) is 1.97. The summed E-state index contributed by atoms with van der Waals surface area (Å²) < 4.78 is 5.33. The van der Waals surface area contributed by atoms with Gasteiger partial charge in [-0.2, -0.15) is 0 Å². The van der Waals surface area contributed by atoms with Gasteiger partial charge in [-0.3, -0.25) is 0 Å². The predicted molar refractivity (Wildman–Crippen MR) is 105 cm³/mol. The van der Waals surface area contributed by atoms with Crippen molar-refractivity contribution in [3.8, 4) is 5.75 Å². The molecule has 4 heteroatoms. The fourth-order valence-corrected chi connectivity index (χ4v) is 3.73. The summed E-state index contributed by atoms with van der Waals surface area (Å²) in [7, 11) is 1.67. The molecule has 3 aromatic carbocycles. The number of carbonyl (C=O) groups excluding carboxylic acids is 1. The minimum atomic E-state index is -0.0494. The largest absolute Gasteiger partial charge is 0.497 e. The Balaban J connectivity index is 1.58. The second-order valence-electron chi connectivity index (χ2n) is 6.58. The Kier molecular flexibility index (Phi) is 4.48. The Morgan fingerprint density at radius 3 is 2.77 bits per heavy atom. The molecule has 0 saturated carbocycles. The number of amides is 2. The van der Waals surface area contributed by atoms with Gasteiger partial charge < -0.3 is 15.0 Å². The number of benzene rings is 3. The first-order valence-electron chi connectivity index (χ1n) is 8.95. The van der Waals surface area contributed by atoms with Gasteiger partial charge in [-0.05, 0) is 42.0 Å². The van der Waals surface area contributed by atoms with E-state index in [4.69, 9.17) is 4.74 Å². The fourth-order valence-electron chi connectivity index (χ4n) is 3.73. The fraction of sp³-hybridized carbons (Fsp3) is 0.227. The molecule has 0 aliphatic carbocycles. The third-order valence-corrected chi connectivity index (χ3v) is 5.02. The normalized spacial score (nSPS) is 16.7. The van der Waals surface area contributed by atoms with Crippen LogP contribution in [-0.2, 0) is 0 Å². The van der Waals surface area contributed by atoms with Gasteiger partial charge in [-0.25, -0.2) is 4.79 Å². The maximum absolute atomic E-state index is 13.0. The van der Waals surface area contributed by atoms with Crippen LogP contribution in [0.25, 0.3) is 10.8 Å². The molecule has 1 fully saturated rings. The van der Waals surface area contributed by atoms with E-state index in [0.29, 0.717) is 0 Å². The van der Waals surface area contributed by atoms with E-state index in [1.54, 1.807) is 7.11 Å². The van der Waals surface area contributed by atoms with Gasteiger partial charge in [0.1, 0.15) is 5.75 Å². The SMILES string of the molecule is COc1cccc(C2CCCN2C(=O)Nc2cccc3ccccc23)c1. The number of hydrogen-bond acceptors (Lipinski definition) is 2. The molecule has 2 amide bonds. The van der Waals surface area contributed by atoms with E-state index >= 15 is 0 Å². The first-order chi connectivity index (χ1) is 12.8. The highest BCUT2D eigenvalue weighted by atomic mass is 16.5. The quantitative estimate of drug-likeness (QED) is 0.706. The van der Waals surface area contributed by atoms with Gasteiger partial charge in [0, 0.05) is 11.9 Å². The molecule has 1 heterocycles. The average molecular weight is 346 g/mol. The van der Waals surface area contributed by atoms with Crippen molar-refractivity contribution in [3.05, 3.63) is 72.3 Å². The average Bonchev–Trinajstić information content (AvgIpc) is 3.18. The molecule has 4 rings (SSSR count). The number of likely N-dealkylation sites (tertiary alicyclic amines) is 1. The van der Waals surface area contributed by atoms with Gasteiger partial charge in [0.05, 0.1) is 18.8 Å². The zero-order chi connectivity index (χ0) is 17.9. The minimum absolute atomic E-state index is 0.0494.